The zero-order valence-corrected chi connectivity index (χ0v) is 13.0. The van der Waals surface area contributed by atoms with Gasteiger partial charge in [0.25, 0.3) is 5.69 Å². The van der Waals surface area contributed by atoms with Gasteiger partial charge in [0.1, 0.15) is 5.69 Å². The van der Waals surface area contributed by atoms with Gasteiger partial charge in [0.05, 0.1) is 15.9 Å². The number of hydrogen-bond acceptors (Lipinski definition) is 6. The number of rotatable bonds is 5. The van der Waals surface area contributed by atoms with E-state index in [2.05, 4.69) is 29.6 Å². The minimum absolute atomic E-state index is 0.0860. The molecule has 23 heavy (non-hydrogen) atoms. The third kappa shape index (κ3) is 3.71. The quantitative estimate of drug-likeness (QED) is 0.381. The first-order valence-corrected chi connectivity index (χ1v) is 7.22. The Balaban J connectivity index is 2.25. The number of anilines is 1. The molecule has 2 rings (SSSR count). The molecule has 0 saturated carbocycles. The Kier molecular flexibility index (Phi) is 4.73. The molecule has 0 heterocycles. The normalized spacial score (nSPS) is 21.0. The van der Waals surface area contributed by atoms with Crippen LogP contribution in [0, 0.1) is 25.6 Å². The highest BCUT2D eigenvalue weighted by Gasteiger charge is 2.28. The van der Waals surface area contributed by atoms with Crippen molar-refractivity contribution in [1.29, 1.82) is 0 Å². The largest absolute Gasteiger partial charge is 0.301 e. The van der Waals surface area contributed by atoms with E-state index in [0.717, 1.165) is 31.0 Å². The van der Waals surface area contributed by atoms with Crippen LogP contribution in [0.2, 0.25) is 0 Å². The van der Waals surface area contributed by atoms with E-state index >= 15 is 0 Å². The van der Waals surface area contributed by atoms with Crippen LogP contribution < -0.4 is 5.43 Å². The molecule has 8 nitrogen and oxygen atoms in total. The molecular formula is C15H18N4O4. The monoisotopic (exact) mass is 318 g/mol. The van der Waals surface area contributed by atoms with Crippen molar-refractivity contribution in [2.75, 3.05) is 5.43 Å². The maximum atomic E-state index is 11.1. The summed E-state index contributed by atoms with van der Waals surface area (Å²) in [6, 6.07) is 3.44. The summed E-state index contributed by atoms with van der Waals surface area (Å²) in [5, 5.41) is 26.1. The van der Waals surface area contributed by atoms with Crippen LogP contribution >= 0.6 is 0 Å². The van der Waals surface area contributed by atoms with Crippen molar-refractivity contribution in [3.05, 3.63) is 50.6 Å². The second kappa shape index (κ2) is 6.55. The molecule has 1 N–H and O–H groups in total. The average molecular weight is 318 g/mol. The minimum atomic E-state index is -0.666. The van der Waals surface area contributed by atoms with Crippen LogP contribution in [0.3, 0.4) is 0 Å². The van der Waals surface area contributed by atoms with Crippen LogP contribution in [0.25, 0.3) is 0 Å². The van der Waals surface area contributed by atoms with Crippen LogP contribution in [-0.2, 0) is 0 Å². The number of hydrazone groups is 1. The van der Waals surface area contributed by atoms with Gasteiger partial charge in [-0.3, -0.25) is 25.7 Å². The van der Waals surface area contributed by atoms with Gasteiger partial charge in [0, 0.05) is 17.2 Å². The lowest BCUT2D eigenvalue weighted by molar-refractivity contribution is -0.393. The second-order valence-corrected chi connectivity index (χ2v) is 5.80. The summed E-state index contributed by atoms with van der Waals surface area (Å²) < 4.78 is 0. The van der Waals surface area contributed by atoms with Gasteiger partial charge in [-0.2, -0.15) is 5.10 Å². The van der Waals surface area contributed by atoms with E-state index in [1.54, 1.807) is 0 Å². The molecule has 1 aromatic rings. The Hall–Kier alpha value is -2.77. The highest BCUT2D eigenvalue weighted by Crippen LogP contribution is 2.34. The molecule has 1 aromatic carbocycles. The second-order valence-electron chi connectivity index (χ2n) is 5.80. The fourth-order valence-corrected chi connectivity index (χ4v) is 2.45. The van der Waals surface area contributed by atoms with Crippen molar-refractivity contribution in [1.82, 2.24) is 0 Å². The Morgan fingerprint density at radius 3 is 2.57 bits per heavy atom. The van der Waals surface area contributed by atoms with Crippen molar-refractivity contribution >= 4 is 22.8 Å². The molecule has 0 bridgehead atoms. The standard InChI is InChI=1S/C15H18N4O4/c1-11(15(2)8-4-3-5-9-15)16-17-13-7-6-12(18(20)21)10-14(13)19(22)23/h3-4,6-7,10,17H,5,8-9H2,1-2H3/b16-11+/t15-/m0/s1. The van der Waals surface area contributed by atoms with E-state index in [1.165, 1.54) is 12.1 Å². The van der Waals surface area contributed by atoms with Gasteiger partial charge in [0.15, 0.2) is 0 Å². The van der Waals surface area contributed by atoms with Crippen molar-refractivity contribution in [3.63, 3.8) is 0 Å². The van der Waals surface area contributed by atoms with Gasteiger partial charge >= 0.3 is 5.69 Å². The zero-order valence-electron chi connectivity index (χ0n) is 13.0. The third-order valence-corrected chi connectivity index (χ3v) is 4.20. The van der Waals surface area contributed by atoms with E-state index in [1.807, 2.05) is 6.92 Å². The van der Waals surface area contributed by atoms with Crippen LogP contribution in [0.15, 0.2) is 35.5 Å². The molecule has 0 aliphatic heterocycles. The first-order valence-electron chi connectivity index (χ1n) is 7.22. The number of nitrogens with zero attached hydrogens (tertiary/aromatic N) is 3. The molecule has 0 amide bonds. The van der Waals surface area contributed by atoms with Gasteiger partial charge in [-0.15, -0.1) is 0 Å². The van der Waals surface area contributed by atoms with Crippen molar-refractivity contribution in [2.45, 2.75) is 33.1 Å². The van der Waals surface area contributed by atoms with Crippen LogP contribution in [-0.4, -0.2) is 15.6 Å². The SMILES string of the molecule is C/C(=N\Nc1ccc([N+](=O)[O-])cc1[N+](=O)[O-])[C@@]1(C)CC=CCC1. The molecular weight excluding hydrogens is 300 g/mol. The van der Waals surface area contributed by atoms with Gasteiger partial charge in [-0.05, 0) is 32.3 Å². The van der Waals surface area contributed by atoms with Crippen molar-refractivity contribution in [2.24, 2.45) is 10.5 Å². The van der Waals surface area contributed by atoms with E-state index in [-0.39, 0.29) is 22.5 Å². The molecule has 0 aromatic heterocycles. The van der Waals surface area contributed by atoms with E-state index in [4.69, 9.17) is 0 Å². The van der Waals surface area contributed by atoms with Crippen LogP contribution in [0.4, 0.5) is 17.1 Å². The number of benzene rings is 1. The summed E-state index contributed by atoms with van der Waals surface area (Å²) in [7, 11) is 0. The third-order valence-electron chi connectivity index (χ3n) is 4.20. The molecule has 0 radical (unpaired) electrons. The van der Waals surface area contributed by atoms with Gasteiger partial charge < -0.3 is 0 Å². The first kappa shape index (κ1) is 16.6. The van der Waals surface area contributed by atoms with Crippen LogP contribution in [0.5, 0.6) is 0 Å². The lowest BCUT2D eigenvalue weighted by Gasteiger charge is -2.30. The predicted molar refractivity (Wildman–Crippen MR) is 87.6 cm³/mol. The topological polar surface area (TPSA) is 111 Å². The zero-order chi connectivity index (χ0) is 17.0. The number of nitro groups is 2. The molecule has 8 heteroatoms. The molecule has 1 atom stereocenters. The van der Waals surface area contributed by atoms with Gasteiger partial charge in [0.2, 0.25) is 0 Å². The summed E-state index contributed by atoms with van der Waals surface area (Å²) in [5.74, 6) is 0. The minimum Gasteiger partial charge on any atom is -0.272 e. The fourth-order valence-electron chi connectivity index (χ4n) is 2.45. The van der Waals surface area contributed by atoms with Gasteiger partial charge in [-0.25, -0.2) is 0 Å². The summed E-state index contributed by atoms with van der Waals surface area (Å²) >= 11 is 0. The van der Waals surface area contributed by atoms with E-state index in [9.17, 15) is 20.2 Å². The summed E-state index contributed by atoms with van der Waals surface area (Å²) in [6.07, 6.45) is 7.04. The summed E-state index contributed by atoms with van der Waals surface area (Å²) in [5.41, 5.74) is 2.88. The summed E-state index contributed by atoms with van der Waals surface area (Å²) in [6.45, 7) is 3.98. The highest BCUT2D eigenvalue weighted by atomic mass is 16.6. The molecule has 1 aliphatic carbocycles. The Morgan fingerprint density at radius 2 is 2.00 bits per heavy atom. The molecule has 0 saturated heterocycles. The highest BCUT2D eigenvalue weighted by molar-refractivity contribution is 5.88. The first-order chi connectivity index (χ1) is 10.8. The number of non-ortho nitro benzene ring substituents is 1. The molecule has 1 aliphatic rings. The lowest BCUT2D eigenvalue weighted by Crippen LogP contribution is -2.27. The van der Waals surface area contributed by atoms with E-state index < -0.39 is 9.85 Å². The number of hydrogen-bond donors (Lipinski definition) is 1. The number of nitrogens with one attached hydrogen (secondary N) is 1. The smallest absolute Gasteiger partial charge is 0.272 e. The van der Waals surface area contributed by atoms with Gasteiger partial charge in [-0.1, -0.05) is 19.1 Å². The molecule has 0 fully saturated rings. The Bertz CT molecular complexity index is 699. The van der Waals surface area contributed by atoms with Crippen LogP contribution in [0.1, 0.15) is 33.1 Å². The molecule has 0 unspecified atom stereocenters. The average Bonchev–Trinajstić information content (AvgIpc) is 2.52. The Morgan fingerprint density at radius 1 is 1.26 bits per heavy atom. The number of nitro benzene ring substituents is 2. The van der Waals surface area contributed by atoms with E-state index in [0.29, 0.717) is 0 Å². The lowest BCUT2D eigenvalue weighted by atomic mass is 9.75. The van der Waals surface area contributed by atoms with Crippen molar-refractivity contribution in [3.8, 4) is 0 Å². The fraction of sp³-hybridized carbons (Fsp3) is 0.400. The van der Waals surface area contributed by atoms with Crippen molar-refractivity contribution < 1.29 is 9.85 Å². The predicted octanol–water partition coefficient (Wildman–Crippen LogP) is 4.04. The Labute approximate surface area is 133 Å². The maximum Gasteiger partial charge on any atom is 0.301 e. The maximum absolute atomic E-state index is 11.1. The number of allylic oxidation sites excluding steroid dienone is 2. The molecule has 0 spiro atoms. The summed E-state index contributed by atoms with van der Waals surface area (Å²) in [4.78, 5) is 20.5. The molecule has 122 valence electrons.